The smallest absolute Gasteiger partial charge is 0.386 e. The minimum atomic E-state index is -4.38. The molecule has 0 fully saturated rings. The third-order valence-electron chi connectivity index (χ3n) is 2.86. The maximum atomic E-state index is 12.4. The predicted molar refractivity (Wildman–Crippen MR) is 74.4 cm³/mol. The summed E-state index contributed by atoms with van der Waals surface area (Å²) in [6.07, 6.45) is -3.95. The van der Waals surface area contributed by atoms with Crippen LogP contribution in [0, 0.1) is 0 Å². The van der Waals surface area contributed by atoms with E-state index in [1.807, 2.05) is 0 Å². The van der Waals surface area contributed by atoms with Crippen molar-refractivity contribution in [2.45, 2.75) is 18.7 Å². The molecule has 2 aromatic rings. The summed E-state index contributed by atoms with van der Waals surface area (Å²) in [5.74, 6) is 0. The van der Waals surface area contributed by atoms with Crippen molar-refractivity contribution in [1.29, 1.82) is 0 Å². The number of nitrogens with zero attached hydrogens (tertiary/aromatic N) is 1. The van der Waals surface area contributed by atoms with Crippen molar-refractivity contribution in [3.05, 3.63) is 63.4 Å². The Hall–Kier alpha value is -1.30. The fourth-order valence-corrected chi connectivity index (χ4v) is 2.33. The Balaban J connectivity index is 2.14. The van der Waals surface area contributed by atoms with Crippen molar-refractivity contribution >= 4 is 23.2 Å². The molecule has 0 aliphatic carbocycles. The van der Waals surface area contributed by atoms with E-state index >= 15 is 0 Å². The van der Waals surface area contributed by atoms with Gasteiger partial charge in [0.1, 0.15) is 6.10 Å². The van der Waals surface area contributed by atoms with Gasteiger partial charge in [0.2, 0.25) is 0 Å². The van der Waals surface area contributed by atoms with Crippen LogP contribution in [0.15, 0.2) is 36.5 Å². The number of alkyl halides is 3. The number of aliphatic hydroxyl groups excluding tert-OH is 1. The van der Waals surface area contributed by atoms with Crippen molar-refractivity contribution in [2.24, 2.45) is 0 Å². The molecule has 0 saturated carbocycles. The molecule has 1 heterocycles. The van der Waals surface area contributed by atoms with E-state index in [0.717, 1.165) is 12.1 Å². The van der Waals surface area contributed by atoms with Crippen molar-refractivity contribution in [3.63, 3.8) is 0 Å². The van der Waals surface area contributed by atoms with E-state index in [0.29, 0.717) is 10.6 Å². The molecule has 0 amide bonds. The van der Waals surface area contributed by atoms with Gasteiger partial charge < -0.3 is 5.11 Å². The minimum absolute atomic E-state index is 0.104. The van der Waals surface area contributed by atoms with Crippen LogP contribution in [0.4, 0.5) is 13.2 Å². The van der Waals surface area contributed by atoms with Crippen LogP contribution in [0.5, 0.6) is 0 Å². The van der Waals surface area contributed by atoms with E-state index in [2.05, 4.69) is 4.98 Å². The maximum absolute atomic E-state index is 12.4. The Morgan fingerprint density at radius 3 is 2.29 bits per heavy atom. The summed E-state index contributed by atoms with van der Waals surface area (Å²) in [5.41, 5.74) is 0.0488. The molecule has 21 heavy (non-hydrogen) atoms. The highest BCUT2D eigenvalue weighted by Gasteiger charge is 2.30. The van der Waals surface area contributed by atoms with Crippen molar-refractivity contribution in [1.82, 2.24) is 4.98 Å². The van der Waals surface area contributed by atoms with Gasteiger partial charge in [-0.2, -0.15) is 13.2 Å². The van der Waals surface area contributed by atoms with E-state index in [-0.39, 0.29) is 17.1 Å². The number of hydrogen-bond acceptors (Lipinski definition) is 2. The second-order valence-electron chi connectivity index (χ2n) is 4.44. The predicted octanol–water partition coefficient (Wildman–Crippen LogP) is 4.68. The van der Waals surface area contributed by atoms with Crippen LogP contribution in [0.1, 0.15) is 22.9 Å². The van der Waals surface area contributed by atoms with Gasteiger partial charge in [0.15, 0.2) is 0 Å². The molecule has 0 aliphatic heterocycles. The first-order valence-electron chi connectivity index (χ1n) is 5.92. The zero-order valence-corrected chi connectivity index (χ0v) is 12.0. The number of hydrogen-bond donors (Lipinski definition) is 1. The fourth-order valence-electron chi connectivity index (χ4n) is 1.82. The molecule has 0 spiro atoms. The van der Waals surface area contributed by atoms with Gasteiger partial charge >= 0.3 is 6.18 Å². The number of aromatic nitrogens is 1. The Morgan fingerprint density at radius 1 is 1.14 bits per heavy atom. The SMILES string of the molecule is OC(Cc1ccc(C(F)(F)F)cc1)c1ncc(Cl)cc1Cl. The van der Waals surface area contributed by atoms with Crippen LogP contribution < -0.4 is 0 Å². The molecule has 2 rings (SSSR count). The van der Waals surface area contributed by atoms with Crippen LogP contribution in [0.25, 0.3) is 0 Å². The minimum Gasteiger partial charge on any atom is -0.386 e. The molecular formula is C14H10Cl2F3NO. The van der Waals surface area contributed by atoms with Gasteiger partial charge in [0.25, 0.3) is 0 Å². The molecule has 112 valence electrons. The third-order valence-corrected chi connectivity index (χ3v) is 3.37. The van der Waals surface area contributed by atoms with Gasteiger partial charge in [-0.15, -0.1) is 0 Å². The number of aliphatic hydroxyl groups is 1. The number of pyridine rings is 1. The fraction of sp³-hybridized carbons (Fsp3) is 0.214. The molecule has 1 aromatic carbocycles. The van der Waals surface area contributed by atoms with Crippen molar-refractivity contribution in [3.8, 4) is 0 Å². The second-order valence-corrected chi connectivity index (χ2v) is 5.28. The molecule has 1 aromatic heterocycles. The lowest BCUT2D eigenvalue weighted by atomic mass is 10.0. The third kappa shape index (κ3) is 4.09. The van der Waals surface area contributed by atoms with Crippen LogP contribution in [0.3, 0.4) is 0 Å². The highest BCUT2D eigenvalue weighted by molar-refractivity contribution is 6.34. The first-order chi connectivity index (χ1) is 9.77. The van der Waals surface area contributed by atoms with Gasteiger partial charge in [0, 0.05) is 12.6 Å². The lowest BCUT2D eigenvalue weighted by Gasteiger charge is -2.13. The summed E-state index contributed by atoms with van der Waals surface area (Å²) in [5, 5.41) is 10.6. The van der Waals surface area contributed by atoms with Crippen LogP contribution in [-0.2, 0) is 12.6 Å². The summed E-state index contributed by atoms with van der Waals surface area (Å²) in [4.78, 5) is 3.94. The zero-order valence-electron chi connectivity index (χ0n) is 10.5. The van der Waals surface area contributed by atoms with Gasteiger partial charge in [-0.25, -0.2) is 0 Å². The maximum Gasteiger partial charge on any atom is 0.416 e. The van der Waals surface area contributed by atoms with Crippen molar-refractivity contribution < 1.29 is 18.3 Å². The summed E-state index contributed by atoms with van der Waals surface area (Å²) in [6, 6.07) is 6.02. The summed E-state index contributed by atoms with van der Waals surface area (Å²) in [7, 11) is 0. The van der Waals surface area contributed by atoms with Gasteiger partial charge in [0.05, 0.1) is 21.3 Å². The summed E-state index contributed by atoms with van der Waals surface area (Å²) in [6.45, 7) is 0. The Labute approximate surface area is 129 Å². The average Bonchev–Trinajstić information content (AvgIpc) is 2.38. The van der Waals surface area contributed by atoms with Crippen LogP contribution in [-0.4, -0.2) is 10.1 Å². The van der Waals surface area contributed by atoms with Gasteiger partial charge in [-0.1, -0.05) is 35.3 Å². The molecule has 1 unspecified atom stereocenters. The molecular weight excluding hydrogens is 326 g/mol. The summed E-state index contributed by atoms with van der Waals surface area (Å²) >= 11 is 11.6. The van der Waals surface area contributed by atoms with E-state index in [9.17, 15) is 18.3 Å². The standard InChI is InChI=1S/C14H10Cl2F3NO/c15-10-6-11(16)13(20-7-10)12(21)5-8-1-3-9(4-2-8)14(17,18)19/h1-4,6-7,12,21H,5H2. The molecule has 0 bridgehead atoms. The average molecular weight is 336 g/mol. The first kappa shape index (κ1) is 16.1. The quantitative estimate of drug-likeness (QED) is 0.883. The van der Waals surface area contributed by atoms with E-state index in [4.69, 9.17) is 23.2 Å². The van der Waals surface area contributed by atoms with E-state index in [1.165, 1.54) is 24.4 Å². The number of rotatable bonds is 3. The monoisotopic (exact) mass is 335 g/mol. The van der Waals surface area contributed by atoms with E-state index in [1.54, 1.807) is 0 Å². The highest BCUT2D eigenvalue weighted by atomic mass is 35.5. The molecule has 7 heteroatoms. The Morgan fingerprint density at radius 2 is 1.76 bits per heavy atom. The highest BCUT2D eigenvalue weighted by Crippen LogP contribution is 2.30. The van der Waals surface area contributed by atoms with Crippen molar-refractivity contribution in [2.75, 3.05) is 0 Å². The molecule has 0 saturated heterocycles. The lowest BCUT2D eigenvalue weighted by Crippen LogP contribution is -2.07. The lowest BCUT2D eigenvalue weighted by molar-refractivity contribution is -0.137. The molecule has 1 N–H and O–H groups in total. The molecule has 0 radical (unpaired) electrons. The molecule has 2 nitrogen and oxygen atoms in total. The van der Waals surface area contributed by atoms with E-state index < -0.39 is 17.8 Å². The van der Waals surface area contributed by atoms with Gasteiger partial charge in [-0.3, -0.25) is 4.98 Å². The van der Waals surface area contributed by atoms with Gasteiger partial charge in [-0.05, 0) is 23.8 Å². The normalized spacial score (nSPS) is 13.2. The molecule has 0 aliphatic rings. The number of halogens is 5. The van der Waals surface area contributed by atoms with Crippen LogP contribution in [0.2, 0.25) is 10.0 Å². The zero-order chi connectivity index (χ0) is 15.6. The molecule has 1 atom stereocenters. The topological polar surface area (TPSA) is 33.1 Å². The Kier molecular flexibility index (Phi) is 4.76. The number of benzene rings is 1. The first-order valence-corrected chi connectivity index (χ1v) is 6.68. The Bertz CT molecular complexity index is 629. The summed E-state index contributed by atoms with van der Waals surface area (Å²) < 4.78 is 37.3. The second kappa shape index (κ2) is 6.22. The largest absolute Gasteiger partial charge is 0.416 e. The van der Waals surface area contributed by atoms with Crippen LogP contribution >= 0.6 is 23.2 Å².